The third-order valence-electron chi connectivity index (χ3n) is 1.99. The summed E-state index contributed by atoms with van der Waals surface area (Å²) in [5, 5.41) is 11.2. The van der Waals surface area contributed by atoms with Gasteiger partial charge in [-0.25, -0.2) is 0 Å². The number of hydrogen-bond donors (Lipinski definition) is 2. The quantitative estimate of drug-likeness (QED) is 0.691. The Balaban J connectivity index is 2.25. The van der Waals surface area contributed by atoms with Gasteiger partial charge in [0.05, 0.1) is 6.54 Å². The summed E-state index contributed by atoms with van der Waals surface area (Å²) in [6.07, 6.45) is 0.869. The van der Waals surface area contributed by atoms with Gasteiger partial charge in [-0.1, -0.05) is 29.8 Å². The van der Waals surface area contributed by atoms with Crippen LogP contribution in [0.15, 0.2) is 24.3 Å². The lowest BCUT2D eigenvalue weighted by atomic mass is 10.1. The predicted molar refractivity (Wildman–Crippen MR) is 55.4 cm³/mol. The topological polar surface area (TPSA) is 49.3 Å². The molecule has 2 N–H and O–H groups in total. The van der Waals surface area contributed by atoms with Gasteiger partial charge in [-0.15, -0.1) is 0 Å². The maximum atomic E-state index is 10.2. The minimum atomic E-state index is -0.811. The summed E-state index contributed by atoms with van der Waals surface area (Å²) in [6, 6.07) is 8.26. The molecule has 0 saturated carbocycles. The van der Waals surface area contributed by atoms with Crippen molar-refractivity contribution in [2.75, 3.05) is 13.1 Å². The van der Waals surface area contributed by atoms with Crippen LogP contribution in [0.25, 0.3) is 0 Å². The first-order valence-corrected chi connectivity index (χ1v) is 4.66. The molecule has 0 fully saturated rings. The van der Waals surface area contributed by atoms with E-state index in [-0.39, 0.29) is 6.54 Å². The summed E-state index contributed by atoms with van der Waals surface area (Å²) >= 11 is 0. The summed E-state index contributed by atoms with van der Waals surface area (Å²) < 4.78 is 0. The number of rotatable bonds is 5. The highest BCUT2D eigenvalue weighted by molar-refractivity contribution is 5.68. The lowest BCUT2D eigenvalue weighted by Crippen LogP contribution is -2.24. The van der Waals surface area contributed by atoms with Gasteiger partial charge in [0.2, 0.25) is 0 Å². The minimum absolute atomic E-state index is 0.0336. The fourth-order valence-corrected chi connectivity index (χ4v) is 1.18. The number of aliphatic carboxylic acids is 1. The molecule has 76 valence electrons. The van der Waals surface area contributed by atoms with E-state index in [1.54, 1.807) is 0 Å². The van der Waals surface area contributed by atoms with E-state index in [9.17, 15) is 4.79 Å². The van der Waals surface area contributed by atoms with E-state index in [2.05, 4.69) is 29.6 Å². The third-order valence-corrected chi connectivity index (χ3v) is 1.99. The van der Waals surface area contributed by atoms with Crippen LogP contribution in [0.4, 0.5) is 0 Å². The number of hydrogen-bond acceptors (Lipinski definition) is 2. The van der Waals surface area contributed by atoms with E-state index >= 15 is 0 Å². The standard InChI is InChI=1S/C11H15NO2/c1-9-2-4-10(5-3-9)6-7-12-8-11(13)14/h2-5,12H,6-8H2,1H3,(H,13,14). The Kier molecular flexibility index (Phi) is 4.13. The minimum Gasteiger partial charge on any atom is -0.480 e. The number of benzene rings is 1. The lowest BCUT2D eigenvalue weighted by molar-refractivity contribution is -0.135. The van der Waals surface area contributed by atoms with E-state index in [1.807, 2.05) is 6.92 Å². The zero-order valence-electron chi connectivity index (χ0n) is 8.29. The molecule has 3 heteroatoms. The van der Waals surface area contributed by atoms with Gasteiger partial charge in [-0.2, -0.15) is 0 Å². The lowest BCUT2D eigenvalue weighted by Gasteiger charge is -2.02. The molecular formula is C11H15NO2. The van der Waals surface area contributed by atoms with Crippen molar-refractivity contribution in [1.29, 1.82) is 0 Å². The summed E-state index contributed by atoms with van der Waals surface area (Å²) in [7, 11) is 0. The Hall–Kier alpha value is -1.35. The van der Waals surface area contributed by atoms with Crippen LogP contribution in [0.5, 0.6) is 0 Å². The van der Waals surface area contributed by atoms with Crippen LogP contribution in [0, 0.1) is 6.92 Å². The highest BCUT2D eigenvalue weighted by Crippen LogP contribution is 2.02. The second kappa shape index (κ2) is 5.40. The van der Waals surface area contributed by atoms with Crippen molar-refractivity contribution in [2.45, 2.75) is 13.3 Å². The number of nitrogens with one attached hydrogen (secondary N) is 1. The van der Waals surface area contributed by atoms with E-state index in [4.69, 9.17) is 5.11 Å². The second-order valence-corrected chi connectivity index (χ2v) is 3.31. The second-order valence-electron chi connectivity index (χ2n) is 3.31. The highest BCUT2D eigenvalue weighted by atomic mass is 16.4. The van der Waals surface area contributed by atoms with Crippen LogP contribution in [-0.2, 0) is 11.2 Å². The van der Waals surface area contributed by atoms with E-state index in [0.29, 0.717) is 6.54 Å². The maximum Gasteiger partial charge on any atom is 0.317 e. The average molecular weight is 193 g/mol. The zero-order chi connectivity index (χ0) is 10.4. The largest absolute Gasteiger partial charge is 0.480 e. The van der Waals surface area contributed by atoms with Crippen LogP contribution in [0.3, 0.4) is 0 Å². The summed E-state index contributed by atoms with van der Waals surface area (Å²) in [6.45, 7) is 2.79. The molecular weight excluding hydrogens is 178 g/mol. The Morgan fingerprint density at radius 3 is 2.57 bits per heavy atom. The van der Waals surface area contributed by atoms with Crippen LogP contribution in [0.2, 0.25) is 0 Å². The van der Waals surface area contributed by atoms with Gasteiger partial charge in [0.15, 0.2) is 0 Å². The fourth-order valence-electron chi connectivity index (χ4n) is 1.18. The zero-order valence-corrected chi connectivity index (χ0v) is 8.29. The molecule has 0 aliphatic heterocycles. The summed E-state index contributed by atoms with van der Waals surface area (Å²) in [5.41, 5.74) is 2.47. The SMILES string of the molecule is Cc1ccc(CCNCC(=O)O)cc1. The number of aryl methyl sites for hydroxylation is 1. The number of carbonyl (C=O) groups is 1. The molecule has 0 heterocycles. The number of carboxylic acids is 1. The first kappa shape index (κ1) is 10.7. The van der Waals surface area contributed by atoms with Crippen molar-refractivity contribution in [2.24, 2.45) is 0 Å². The predicted octanol–water partition coefficient (Wildman–Crippen LogP) is 1.21. The third kappa shape index (κ3) is 4.05. The molecule has 0 saturated heterocycles. The van der Waals surface area contributed by atoms with E-state index < -0.39 is 5.97 Å². The Morgan fingerprint density at radius 1 is 1.36 bits per heavy atom. The Morgan fingerprint density at radius 2 is 2.00 bits per heavy atom. The Labute approximate surface area is 83.8 Å². The molecule has 1 rings (SSSR count). The molecule has 0 atom stereocenters. The van der Waals surface area contributed by atoms with Crippen molar-refractivity contribution in [1.82, 2.24) is 5.32 Å². The first-order chi connectivity index (χ1) is 6.68. The fraction of sp³-hybridized carbons (Fsp3) is 0.364. The highest BCUT2D eigenvalue weighted by Gasteiger charge is 1.95. The van der Waals surface area contributed by atoms with Gasteiger partial charge in [0, 0.05) is 0 Å². The van der Waals surface area contributed by atoms with E-state index in [0.717, 1.165) is 6.42 Å². The maximum absolute atomic E-state index is 10.2. The average Bonchev–Trinajstić information content (AvgIpc) is 2.15. The van der Waals surface area contributed by atoms with Gasteiger partial charge in [-0.05, 0) is 25.5 Å². The molecule has 0 unspecified atom stereocenters. The molecule has 1 aromatic carbocycles. The van der Waals surface area contributed by atoms with Gasteiger partial charge in [0.25, 0.3) is 0 Å². The summed E-state index contributed by atoms with van der Waals surface area (Å²) in [4.78, 5) is 10.2. The van der Waals surface area contributed by atoms with Crippen molar-refractivity contribution in [3.05, 3.63) is 35.4 Å². The summed E-state index contributed by atoms with van der Waals surface area (Å²) in [5.74, 6) is -0.811. The van der Waals surface area contributed by atoms with Crippen LogP contribution in [-0.4, -0.2) is 24.2 Å². The molecule has 3 nitrogen and oxygen atoms in total. The molecule has 0 aliphatic rings. The molecule has 14 heavy (non-hydrogen) atoms. The normalized spacial score (nSPS) is 10.1. The van der Waals surface area contributed by atoms with E-state index in [1.165, 1.54) is 11.1 Å². The van der Waals surface area contributed by atoms with Gasteiger partial charge >= 0.3 is 5.97 Å². The Bertz CT molecular complexity index is 293. The molecule has 1 aromatic rings. The van der Waals surface area contributed by atoms with Crippen LogP contribution >= 0.6 is 0 Å². The first-order valence-electron chi connectivity index (χ1n) is 4.66. The van der Waals surface area contributed by atoms with Gasteiger partial charge in [0.1, 0.15) is 0 Å². The molecule has 0 radical (unpaired) electrons. The molecule has 0 spiro atoms. The molecule has 0 bridgehead atoms. The monoisotopic (exact) mass is 193 g/mol. The van der Waals surface area contributed by atoms with Crippen molar-refractivity contribution < 1.29 is 9.90 Å². The molecule has 0 aliphatic carbocycles. The van der Waals surface area contributed by atoms with Gasteiger partial charge in [-0.3, -0.25) is 4.79 Å². The molecule has 0 aromatic heterocycles. The van der Waals surface area contributed by atoms with Crippen molar-refractivity contribution in [3.63, 3.8) is 0 Å². The van der Waals surface area contributed by atoms with Crippen LogP contribution in [0.1, 0.15) is 11.1 Å². The van der Waals surface area contributed by atoms with Crippen LogP contribution < -0.4 is 5.32 Å². The smallest absolute Gasteiger partial charge is 0.317 e. The molecule has 0 amide bonds. The van der Waals surface area contributed by atoms with Crippen molar-refractivity contribution in [3.8, 4) is 0 Å². The number of carboxylic acid groups (broad SMARTS) is 1. The van der Waals surface area contributed by atoms with Crippen molar-refractivity contribution >= 4 is 5.97 Å². The van der Waals surface area contributed by atoms with Gasteiger partial charge < -0.3 is 10.4 Å².